The Bertz CT molecular complexity index is 839. The lowest BCUT2D eigenvalue weighted by Crippen LogP contribution is -2.54. The van der Waals surface area contributed by atoms with Gasteiger partial charge in [0.25, 0.3) is 0 Å². The lowest BCUT2D eigenvalue weighted by molar-refractivity contribution is -0.120. The fraction of sp³-hybridized carbons (Fsp3) is 0.500. The molecular formula is C22H29N5O. The van der Waals surface area contributed by atoms with Crippen molar-refractivity contribution >= 4 is 17.4 Å². The van der Waals surface area contributed by atoms with Crippen LogP contribution < -0.4 is 15.1 Å². The van der Waals surface area contributed by atoms with Crippen LogP contribution in [0.1, 0.15) is 37.4 Å². The normalized spacial score (nSPS) is 20.6. The monoisotopic (exact) mass is 379 g/mol. The Hall–Kier alpha value is -2.47. The predicted molar refractivity (Wildman–Crippen MR) is 112 cm³/mol. The predicted octanol–water partition coefficient (Wildman–Crippen LogP) is 2.71. The molecule has 1 aromatic carbocycles. The Balaban J connectivity index is 1.41. The zero-order chi connectivity index (χ0) is 19.5. The average molecular weight is 380 g/mol. The van der Waals surface area contributed by atoms with Crippen LogP contribution >= 0.6 is 0 Å². The Morgan fingerprint density at radius 3 is 2.93 bits per heavy atom. The van der Waals surface area contributed by atoms with Crippen molar-refractivity contribution in [3.8, 4) is 0 Å². The number of carbonyl (C=O) groups is 1. The fourth-order valence-electron chi connectivity index (χ4n) is 4.36. The van der Waals surface area contributed by atoms with Crippen LogP contribution in [0, 0.1) is 6.92 Å². The van der Waals surface area contributed by atoms with Crippen molar-refractivity contribution in [1.82, 2.24) is 15.3 Å². The number of nitrogens with zero attached hydrogens (tertiary/aromatic N) is 4. The lowest BCUT2D eigenvalue weighted by atomic mass is 10.0. The molecule has 2 atom stereocenters. The highest BCUT2D eigenvalue weighted by molar-refractivity contribution is 5.98. The van der Waals surface area contributed by atoms with Gasteiger partial charge in [0.15, 0.2) is 0 Å². The van der Waals surface area contributed by atoms with E-state index >= 15 is 0 Å². The van der Waals surface area contributed by atoms with E-state index in [9.17, 15) is 4.79 Å². The number of rotatable bonds is 4. The highest BCUT2D eigenvalue weighted by Gasteiger charge is 2.29. The Morgan fingerprint density at radius 2 is 2.07 bits per heavy atom. The van der Waals surface area contributed by atoms with E-state index in [4.69, 9.17) is 0 Å². The van der Waals surface area contributed by atoms with Crippen LogP contribution in [-0.4, -0.2) is 47.6 Å². The molecule has 2 aromatic rings. The van der Waals surface area contributed by atoms with E-state index in [1.807, 2.05) is 30.9 Å². The number of aromatic nitrogens is 2. The molecule has 4 rings (SSSR count). The first-order valence-electron chi connectivity index (χ1n) is 10.3. The van der Waals surface area contributed by atoms with Crippen molar-refractivity contribution in [1.29, 1.82) is 0 Å². The van der Waals surface area contributed by atoms with Crippen molar-refractivity contribution < 1.29 is 4.79 Å². The van der Waals surface area contributed by atoms with Crippen molar-refractivity contribution in [3.05, 3.63) is 47.9 Å². The molecule has 1 fully saturated rings. The van der Waals surface area contributed by atoms with Gasteiger partial charge in [-0.15, -0.1) is 0 Å². The second-order valence-electron chi connectivity index (χ2n) is 7.91. The fourth-order valence-corrected chi connectivity index (χ4v) is 4.36. The summed E-state index contributed by atoms with van der Waals surface area (Å²) in [6.45, 7) is 6.65. The maximum absolute atomic E-state index is 13.2. The highest BCUT2D eigenvalue weighted by Crippen LogP contribution is 2.27. The molecule has 2 aliphatic heterocycles. The Labute approximate surface area is 167 Å². The molecule has 0 saturated carbocycles. The number of hydrogen-bond acceptors (Lipinski definition) is 5. The van der Waals surface area contributed by atoms with Crippen LogP contribution in [-0.2, 0) is 11.2 Å². The van der Waals surface area contributed by atoms with E-state index in [0.717, 1.165) is 62.5 Å². The van der Waals surface area contributed by atoms with Gasteiger partial charge in [-0.3, -0.25) is 4.79 Å². The summed E-state index contributed by atoms with van der Waals surface area (Å²) in [6, 6.07) is 10.4. The Morgan fingerprint density at radius 1 is 1.21 bits per heavy atom. The molecule has 28 heavy (non-hydrogen) atoms. The summed E-state index contributed by atoms with van der Waals surface area (Å²) < 4.78 is 0. The summed E-state index contributed by atoms with van der Waals surface area (Å²) in [6.07, 6.45) is 5.88. The molecule has 2 aliphatic rings. The quantitative estimate of drug-likeness (QED) is 0.885. The van der Waals surface area contributed by atoms with E-state index in [0.29, 0.717) is 0 Å². The maximum atomic E-state index is 13.2. The van der Waals surface area contributed by atoms with Crippen LogP contribution in [0.15, 0.2) is 36.7 Å². The third-order valence-electron chi connectivity index (χ3n) is 5.77. The van der Waals surface area contributed by atoms with Gasteiger partial charge >= 0.3 is 0 Å². The molecule has 0 spiro atoms. The van der Waals surface area contributed by atoms with Crippen LogP contribution in [0.25, 0.3) is 0 Å². The average Bonchev–Trinajstić information content (AvgIpc) is 2.73. The summed E-state index contributed by atoms with van der Waals surface area (Å²) >= 11 is 0. The van der Waals surface area contributed by atoms with Gasteiger partial charge in [0.2, 0.25) is 5.91 Å². The van der Waals surface area contributed by atoms with Crippen molar-refractivity contribution in [3.63, 3.8) is 0 Å². The summed E-state index contributed by atoms with van der Waals surface area (Å²) in [5.41, 5.74) is 3.33. The summed E-state index contributed by atoms with van der Waals surface area (Å²) in [4.78, 5) is 26.0. The van der Waals surface area contributed by atoms with Crippen LogP contribution in [0.3, 0.4) is 0 Å². The molecule has 6 nitrogen and oxygen atoms in total. The third-order valence-corrected chi connectivity index (χ3v) is 5.77. The molecule has 0 radical (unpaired) electrons. The largest absolute Gasteiger partial charge is 0.355 e. The minimum Gasteiger partial charge on any atom is -0.355 e. The lowest BCUT2D eigenvalue weighted by Gasteiger charge is -2.37. The minimum absolute atomic E-state index is 0.169. The van der Waals surface area contributed by atoms with Gasteiger partial charge in [0.1, 0.15) is 12.1 Å². The number of benzene rings is 1. The first kappa shape index (κ1) is 18.9. The number of hydrogen-bond donors (Lipinski definition) is 1. The smallest absolute Gasteiger partial charge is 0.243 e. The number of amides is 1. The molecule has 1 saturated heterocycles. The van der Waals surface area contributed by atoms with Gasteiger partial charge in [-0.1, -0.05) is 18.2 Å². The topological polar surface area (TPSA) is 61.4 Å². The molecule has 3 heterocycles. The van der Waals surface area contributed by atoms with Crippen molar-refractivity contribution in [2.45, 2.75) is 51.6 Å². The number of carbonyl (C=O) groups excluding carboxylic acids is 1. The second-order valence-corrected chi connectivity index (χ2v) is 7.91. The first-order valence-corrected chi connectivity index (χ1v) is 10.3. The number of fused-ring (bicyclic) bond motifs is 1. The van der Waals surface area contributed by atoms with Crippen LogP contribution in [0.5, 0.6) is 0 Å². The Kier molecular flexibility index (Phi) is 5.57. The number of para-hydroxylation sites is 1. The SMILES string of the molecule is Cc1cc(N2CCCC(NC(C)C(=O)N3CCCc4ccccc43)C2)ncn1. The van der Waals surface area contributed by atoms with Gasteiger partial charge in [-0.25, -0.2) is 9.97 Å². The number of aryl methyl sites for hydroxylation is 2. The van der Waals surface area contributed by atoms with Gasteiger partial charge in [0, 0.05) is 43.1 Å². The number of anilines is 2. The summed E-state index contributed by atoms with van der Waals surface area (Å²) in [7, 11) is 0. The number of nitrogens with one attached hydrogen (secondary N) is 1. The van der Waals surface area contributed by atoms with E-state index in [1.54, 1.807) is 6.33 Å². The van der Waals surface area contributed by atoms with Gasteiger partial charge < -0.3 is 15.1 Å². The third kappa shape index (κ3) is 4.02. The molecule has 2 unspecified atom stereocenters. The zero-order valence-corrected chi connectivity index (χ0v) is 16.8. The minimum atomic E-state index is -0.205. The van der Waals surface area contributed by atoms with Gasteiger partial charge in [-0.2, -0.15) is 0 Å². The van der Waals surface area contributed by atoms with E-state index in [2.05, 4.69) is 38.4 Å². The van der Waals surface area contributed by atoms with E-state index in [-0.39, 0.29) is 18.0 Å². The molecular weight excluding hydrogens is 350 g/mol. The standard InChI is InChI=1S/C22H29N5O/c1-16-13-21(24-15-23-16)26-11-6-9-19(14-26)25-17(2)22(28)27-12-5-8-18-7-3-4-10-20(18)27/h3-4,7,10,13,15,17,19,25H,5-6,8-9,11-12,14H2,1-2H3. The van der Waals surface area contributed by atoms with Crippen LogP contribution in [0.4, 0.5) is 11.5 Å². The van der Waals surface area contributed by atoms with E-state index in [1.165, 1.54) is 5.56 Å². The molecule has 1 amide bonds. The molecule has 1 aromatic heterocycles. The van der Waals surface area contributed by atoms with Crippen molar-refractivity contribution in [2.24, 2.45) is 0 Å². The van der Waals surface area contributed by atoms with Gasteiger partial charge in [-0.05, 0) is 51.2 Å². The summed E-state index contributed by atoms with van der Waals surface area (Å²) in [5, 5.41) is 3.58. The maximum Gasteiger partial charge on any atom is 0.243 e. The molecule has 0 bridgehead atoms. The highest BCUT2D eigenvalue weighted by atomic mass is 16.2. The van der Waals surface area contributed by atoms with Gasteiger partial charge in [0.05, 0.1) is 6.04 Å². The van der Waals surface area contributed by atoms with Crippen molar-refractivity contribution in [2.75, 3.05) is 29.4 Å². The van der Waals surface area contributed by atoms with Crippen LogP contribution in [0.2, 0.25) is 0 Å². The molecule has 148 valence electrons. The van der Waals surface area contributed by atoms with E-state index < -0.39 is 0 Å². The molecule has 1 N–H and O–H groups in total. The molecule has 6 heteroatoms. The second kappa shape index (κ2) is 8.27. The molecule has 0 aliphatic carbocycles. The number of piperidine rings is 1. The first-order chi connectivity index (χ1) is 13.6. The summed E-state index contributed by atoms with van der Waals surface area (Å²) in [5.74, 6) is 1.14. The zero-order valence-electron chi connectivity index (χ0n) is 16.8.